The van der Waals surface area contributed by atoms with E-state index >= 15 is 0 Å². The fraction of sp³-hybridized carbons (Fsp3) is 0.818. The number of rotatable bonds is 6. The van der Waals surface area contributed by atoms with Crippen molar-refractivity contribution in [3.8, 4) is 12.3 Å². The van der Waals surface area contributed by atoms with Crippen LogP contribution in [-0.2, 0) is 0 Å². The van der Waals surface area contributed by atoms with Gasteiger partial charge in [-0.25, -0.2) is 0 Å². The minimum absolute atomic E-state index is 0.851. The van der Waals surface area contributed by atoms with E-state index in [1.165, 1.54) is 38.9 Å². The second kappa shape index (κ2) is 6.94. The van der Waals surface area contributed by atoms with Crippen LogP contribution in [0.4, 0.5) is 0 Å². The van der Waals surface area contributed by atoms with Crippen LogP contribution in [0.25, 0.3) is 0 Å². The molecule has 1 N–H and O–H groups in total. The van der Waals surface area contributed by atoms with Crippen molar-refractivity contribution < 1.29 is 0 Å². The second-order valence-corrected chi connectivity index (χ2v) is 3.61. The van der Waals surface area contributed by atoms with Crippen molar-refractivity contribution in [3.05, 3.63) is 0 Å². The lowest BCUT2D eigenvalue weighted by Gasteiger charge is -2.13. The zero-order chi connectivity index (χ0) is 9.36. The number of nitrogens with one attached hydrogen (secondary N) is 1. The van der Waals surface area contributed by atoms with Crippen LogP contribution in [0.5, 0.6) is 0 Å². The summed E-state index contributed by atoms with van der Waals surface area (Å²) in [7, 11) is 0. The lowest BCUT2D eigenvalue weighted by atomic mass is 10.3. The highest BCUT2D eigenvalue weighted by atomic mass is 15.1. The molecule has 2 heteroatoms. The normalized spacial score (nSPS) is 17.5. The molecular weight excluding hydrogens is 160 g/mol. The van der Waals surface area contributed by atoms with Crippen molar-refractivity contribution in [1.29, 1.82) is 0 Å². The highest BCUT2D eigenvalue weighted by Crippen LogP contribution is 2.06. The molecule has 1 rings (SSSR count). The number of nitrogens with zero attached hydrogens (tertiary/aromatic N) is 1. The monoisotopic (exact) mass is 180 g/mol. The second-order valence-electron chi connectivity index (χ2n) is 3.61. The molecule has 0 bridgehead atoms. The fourth-order valence-electron chi connectivity index (χ4n) is 1.72. The van der Waals surface area contributed by atoms with Crippen LogP contribution in [0.15, 0.2) is 0 Å². The average molecular weight is 180 g/mol. The van der Waals surface area contributed by atoms with E-state index in [1.807, 2.05) is 0 Å². The summed E-state index contributed by atoms with van der Waals surface area (Å²) in [6.07, 6.45) is 10.0. The van der Waals surface area contributed by atoms with Crippen molar-refractivity contribution in [2.75, 3.05) is 32.7 Å². The minimum Gasteiger partial charge on any atom is -0.316 e. The quantitative estimate of drug-likeness (QED) is 0.486. The Labute approximate surface area is 81.7 Å². The highest BCUT2D eigenvalue weighted by molar-refractivity contribution is 4.83. The smallest absolute Gasteiger partial charge is 0.0211 e. The Morgan fingerprint density at radius 1 is 1.23 bits per heavy atom. The lowest BCUT2D eigenvalue weighted by Crippen LogP contribution is -2.25. The summed E-state index contributed by atoms with van der Waals surface area (Å²) in [5, 5.41) is 3.34. The molecule has 0 radical (unpaired) electrons. The molecule has 0 unspecified atom stereocenters. The summed E-state index contributed by atoms with van der Waals surface area (Å²) < 4.78 is 0. The standard InChI is InChI=1S/C11H20N2/c1-2-3-7-12-8-6-11-13-9-4-5-10-13/h1,12H,3-11H2. The van der Waals surface area contributed by atoms with Gasteiger partial charge in [-0.05, 0) is 45.4 Å². The maximum atomic E-state index is 5.14. The Kier molecular flexibility index (Phi) is 5.64. The number of terminal acetylenes is 1. The molecule has 74 valence electrons. The van der Waals surface area contributed by atoms with Gasteiger partial charge in [0.1, 0.15) is 0 Å². The third-order valence-electron chi connectivity index (χ3n) is 2.47. The predicted octanol–water partition coefficient (Wildman–Crippen LogP) is 1.09. The summed E-state index contributed by atoms with van der Waals surface area (Å²) in [4.78, 5) is 2.54. The predicted molar refractivity (Wildman–Crippen MR) is 56.6 cm³/mol. The van der Waals surface area contributed by atoms with Crippen LogP contribution in [0.3, 0.4) is 0 Å². The molecule has 0 aromatic rings. The van der Waals surface area contributed by atoms with Crippen molar-refractivity contribution in [1.82, 2.24) is 10.2 Å². The van der Waals surface area contributed by atoms with Gasteiger partial charge in [0, 0.05) is 13.0 Å². The van der Waals surface area contributed by atoms with Gasteiger partial charge in [-0.15, -0.1) is 12.3 Å². The minimum atomic E-state index is 0.851. The third kappa shape index (κ3) is 4.92. The topological polar surface area (TPSA) is 15.3 Å². The molecule has 13 heavy (non-hydrogen) atoms. The van der Waals surface area contributed by atoms with Crippen LogP contribution in [0.2, 0.25) is 0 Å². The first-order chi connectivity index (χ1) is 6.43. The largest absolute Gasteiger partial charge is 0.316 e. The molecule has 1 heterocycles. The van der Waals surface area contributed by atoms with Gasteiger partial charge in [0.2, 0.25) is 0 Å². The van der Waals surface area contributed by atoms with Crippen LogP contribution in [0, 0.1) is 12.3 Å². The van der Waals surface area contributed by atoms with E-state index in [-0.39, 0.29) is 0 Å². The van der Waals surface area contributed by atoms with E-state index in [0.29, 0.717) is 0 Å². The van der Waals surface area contributed by atoms with Crippen molar-refractivity contribution >= 4 is 0 Å². The molecule has 0 aliphatic carbocycles. The summed E-state index contributed by atoms with van der Waals surface area (Å²) in [5.41, 5.74) is 0. The molecule has 0 aromatic carbocycles. The first-order valence-corrected chi connectivity index (χ1v) is 5.30. The maximum absolute atomic E-state index is 5.14. The molecule has 0 saturated carbocycles. The van der Waals surface area contributed by atoms with Crippen LogP contribution >= 0.6 is 0 Å². The Bertz CT molecular complexity index is 154. The molecule has 0 aromatic heterocycles. The van der Waals surface area contributed by atoms with Crippen LogP contribution < -0.4 is 5.32 Å². The van der Waals surface area contributed by atoms with Crippen molar-refractivity contribution in [2.45, 2.75) is 25.7 Å². The van der Waals surface area contributed by atoms with Gasteiger partial charge in [0.05, 0.1) is 0 Å². The summed E-state index contributed by atoms with van der Waals surface area (Å²) in [6.45, 7) is 5.95. The van der Waals surface area contributed by atoms with Gasteiger partial charge < -0.3 is 10.2 Å². The fourth-order valence-corrected chi connectivity index (χ4v) is 1.72. The van der Waals surface area contributed by atoms with E-state index in [0.717, 1.165) is 19.5 Å². The average Bonchev–Trinajstić information content (AvgIpc) is 2.63. The molecule has 1 saturated heterocycles. The first kappa shape index (κ1) is 10.6. The van der Waals surface area contributed by atoms with Gasteiger partial charge >= 0.3 is 0 Å². The van der Waals surface area contributed by atoms with Gasteiger partial charge in [-0.3, -0.25) is 0 Å². The molecule has 1 fully saturated rings. The lowest BCUT2D eigenvalue weighted by molar-refractivity contribution is 0.331. The van der Waals surface area contributed by atoms with E-state index in [4.69, 9.17) is 6.42 Å². The van der Waals surface area contributed by atoms with E-state index < -0.39 is 0 Å². The van der Waals surface area contributed by atoms with Gasteiger partial charge in [0.25, 0.3) is 0 Å². The number of hydrogen-bond acceptors (Lipinski definition) is 2. The Hall–Kier alpha value is -0.520. The first-order valence-electron chi connectivity index (χ1n) is 5.30. The number of hydrogen-bond donors (Lipinski definition) is 1. The van der Waals surface area contributed by atoms with Crippen LogP contribution in [-0.4, -0.2) is 37.6 Å². The molecule has 1 aliphatic heterocycles. The number of likely N-dealkylation sites (tertiary alicyclic amines) is 1. The zero-order valence-corrected chi connectivity index (χ0v) is 8.39. The van der Waals surface area contributed by atoms with Gasteiger partial charge in [-0.1, -0.05) is 0 Å². The van der Waals surface area contributed by atoms with E-state index in [1.54, 1.807) is 0 Å². The molecule has 0 spiro atoms. The maximum Gasteiger partial charge on any atom is 0.0211 e. The van der Waals surface area contributed by atoms with Crippen molar-refractivity contribution in [2.24, 2.45) is 0 Å². The molecule has 1 aliphatic rings. The SMILES string of the molecule is C#CCCNCCCN1CCCC1. The summed E-state index contributed by atoms with van der Waals surface area (Å²) >= 11 is 0. The van der Waals surface area contributed by atoms with Gasteiger partial charge in [-0.2, -0.15) is 0 Å². The Morgan fingerprint density at radius 2 is 2.00 bits per heavy atom. The van der Waals surface area contributed by atoms with Gasteiger partial charge in [0.15, 0.2) is 0 Å². The van der Waals surface area contributed by atoms with Crippen LogP contribution in [0.1, 0.15) is 25.7 Å². The van der Waals surface area contributed by atoms with E-state index in [9.17, 15) is 0 Å². The third-order valence-corrected chi connectivity index (χ3v) is 2.47. The van der Waals surface area contributed by atoms with Crippen molar-refractivity contribution in [3.63, 3.8) is 0 Å². The van der Waals surface area contributed by atoms with E-state index in [2.05, 4.69) is 16.1 Å². The highest BCUT2D eigenvalue weighted by Gasteiger charge is 2.09. The summed E-state index contributed by atoms with van der Waals surface area (Å²) in [6, 6.07) is 0. The Balaban J connectivity index is 1.81. The molecular formula is C11H20N2. The molecule has 0 atom stereocenters. The zero-order valence-electron chi connectivity index (χ0n) is 8.39. The summed E-state index contributed by atoms with van der Waals surface area (Å²) in [5.74, 6) is 2.63. The Morgan fingerprint density at radius 3 is 2.69 bits per heavy atom. The molecule has 2 nitrogen and oxygen atoms in total. The molecule has 0 amide bonds.